The topological polar surface area (TPSA) is 81.5 Å². The van der Waals surface area contributed by atoms with Crippen molar-refractivity contribution in [2.75, 3.05) is 13.2 Å². The van der Waals surface area contributed by atoms with Gasteiger partial charge in [0.15, 0.2) is 12.3 Å². The van der Waals surface area contributed by atoms with Crippen molar-refractivity contribution in [2.24, 2.45) is 7.05 Å². The van der Waals surface area contributed by atoms with E-state index in [0.717, 1.165) is 15.8 Å². The Morgan fingerprint density at radius 3 is 2.12 bits per heavy atom. The summed E-state index contributed by atoms with van der Waals surface area (Å²) >= 11 is 0. The molecule has 0 aliphatic carbocycles. The molecule has 7 nitrogen and oxygen atoms in total. The maximum Gasteiger partial charge on any atom is 0.359 e. The van der Waals surface area contributed by atoms with Gasteiger partial charge in [-0.05, 0) is 23.6 Å². The number of carbonyl (C=O) groups excluding carboxylic acids is 2. The van der Waals surface area contributed by atoms with E-state index in [0.29, 0.717) is 30.3 Å². The first-order chi connectivity index (χ1) is 16.5. The predicted octanol–water partition coefficient (Wildman–Crippen LogP) is 3.36. The zero-order valence-electron chi connectivity index (χ0n) is 18.9. The van der Waals surface area contributed by atoms with Crippen LogP contribution in [-0.2, 0) is 29.5 Å². The number of fused-ring (bicyclic) bond motifs is 1. The highest BCUT2D eigenvalue weighted by atomic mass is 16.5. The van der Waals surface area contributed by atoms with E-state index in [-0.39, 0.29) is 17.2 Å². The maximum absolute atomic E-state index is 13.1. The van der Waals surface area contributed by atoms with Crippen molar-refractivity contribution in [3.63, 3.8) is 0 Å². The van der Waals surface area contributed by atoms with Gasteiger partial charge in [-0.25, -0.2) is 9.48 Å². The van der Waals surface area contributed by atoms with Crippen LogP contribution >= 0.6 is 0 Å². The van der Waals surface area contributed by atoms with Crippen LogP contribution in [0.5, 0.6) is 0 Å². The van der Waals surface area contributed by atoms with Crippen LogP contribution in [0.25, 0.3) is 10.8 Å². The number of carbonyl (C=O) groups is 2. The number of benzene rings is 3. The number of nitrogens with zero attached hydrogens (tertiary/aromatic N) is 3. The molecule has 0 N–H and O–H groups in total. The highest BCUT2D eigenvalue weighted by molar-refractivity contribution is 6.02. The first kappa shape index (κ1) is 22.9. The third kappa shape index (κ3) is 5.38. The van der Waals surface area contributed by atoms with Gasteiger partial charge in [0.2, 0.25) is 0 Å². The smallest absolute Gasteiger partial charge is 0.359 e. The lowest BCUT2D eigenvalue weighted by atomic mass is 10.1. The van der Waals surface area contributed by atoms with Gasteiger partial charge in [-0.2, -0.15) is 5.10 Å². The van der Waals surface area contributed by atoms with E-state index in [1.165, 1.54) is 7.05 Å². The number of aryl methyl sites for hydroxylation is 1. The third-order valence-corrected chi connectivity index (χ3v) is 5.56. The second-order valence-electron chi connectivity index (χ2n) is 7.94. The Hall–Kier alpha value is -4.26. The van der Waals surface area contributed by atoms with Gasteiger partial charge in [0, 0.05) is 25.5 Å². The number of hydrogen-bond acceptors (Lipinski definition) is 5. The monoisotopic (exact) mass is 455 g/mol. The van der Waals surface area contributed by atoms with E-state index in [1.807, 2.05) is 60.7 Å². The van der Waals surface area contributed by atoms with Crippen LogP contribution in [-0.4, -0.2) is 39.7 Å². The second kappa shape index (κ2) is 10.6. The molecule has 0 unspecified atom stereocenters. The van der Waals surface area contributed by atoms with E-state index >= 15 is 0 Å². The molecule has 3 aromatic carbocycles. The zero-order chi connectivity index (χ0) is 23.9. The van der Waals surface area contributed by atoms with Gasteiger partial charge in [0.05, 0.1) is 5.39 Å². The molecule has 0 aliphatic rings. The lowest BCUT2D eigenvalue weighted by Gasteiger charge is -2.23. The molecule has 7 heteroatoms. The van der Waals surface area contributed by atoms with Crippen molar-refractivity contribution in [1.82, 2.24) is 14.7 Å². The minimum absolute atomic E-state index is 0.00407. The van der Waals surface area contributed by atoms with Gasteiger partial charge < -0.3 is 9.64 Å². The Morgan fingerprint density at radius 2 is 1.44 bits per heavy atom. The molecular weight excluding hydrogens is 430 g/mol. The summed E-state index contributed by atoms with van der Waals surface area (Å²) in [5.74, 6) is -1.05. The summed E-state index contributed by atoms with van der Waals surface area (Å²) in [6.07, 6.45) is 0.681. The average Bonchev–Trinajstić information content (AvgIpc) is 2.88. The summed E-state index contributed by atoms with van der Waals surface area (Å²) in [5, 5.41) is 4.84. The summed E-state index contributed by atoms with van der Waals surface area (Å²) in [7, 11) is 1.47. The Morgan fingerprint density at radius 1 is 0.853 bits per heavy atom. The van der Waals surface area contributed by atoms with Crippen molar-refractivity contribution < 1.29 is 14.3 Å². The van der Waals surface area contributed by atoms with Crippen LogP contribution in [0.1, 0.15) is 21.6 Å². The van der Waals surface area contributed by atoms with Crippen molar-refractivity contribution >= 4 is 22.6 Å². The Balaban J connectivity index is 1.49. The van der Waals surface area contributed by atoms with Crippen molar-refractivity contribution in [3.05, 3.63) is 112 Å². The van der Waals surface area contributed by atoms with Gasteiger partial charge in [0.25, 0.3) is 11.5 Å². The average molecular weight is 456 g/mol. The van der Waals surface area contributed by atoms with Crippen LogP contribution in [0.4, 0.5) is 0 Å². The first-order valence-electron chi connectivity index (χ1n) is 11.0. The molecule has 1 amide bonds. The molecule has 0 spiro atoms. The number of esters is 1. The van der Waals surface area contributed by atoms with Crippen LogP contribution in [0.3, 0.4) is 0 Å². The standard InChI is InChI=1S/C27H25N3O4/c1-29-26(32)23-15-9-8-14-22(23)25(28-29)27(33)34-19-24(31)30(18-21-12-6-3-7-13-21)17-16-20-10-4-2-5-11-20/h2-15H,16-19H2,1H3. The number of ether oxygens (including phenoxy) is 1. The number of amides is 1. The fraction of sp³-hybridized carbons (Fsp3) is 0.185. The predicted molar refractivity (Wildman–Crippen MR) is 129 cm³/mol. The number of rotatable bonds is 8. The molecule has 4 aromatic rings. The molecule has 0 saturated heterocycles. The minimum atomic E-state index is -0.747. The molecule has 0 saturated carbocycles. The highest BCUT2D eigenvalue weighted by Crippen LogP contribution is 2.14. The molecule has 172 valence electrons. The SMILES string of the molecule is Cn1nc(C(=O)OCC(=O)N(CCc2ccccc2)Cc2ccccc2)c2ccccc2c1=O. The lowest BCUT2D eigenvalue weighted by Crippen LogP contribution is -2.36. The molecule has 1 aromatic heterocycles. The fourth-order valence-corrected chi connectivity index (χ4v) is 3.74. The van der Waals surface area contributed by atoms with Crippen molar-refractivity contribution in [1.29, 1.82) is 0 Å². The van der Waals surface area contributed by atoms with Crippen molar-refractivity contribution in [2.45, 2.75) is 13.0 Å². The van der Waals surface area contributed by atoms with E-state index < -0.39 is 12.6 Å². The first-order valence-corrected chi connectivity index (χ1v) is 11.0. The van der Waals surface area contributed by atoms with Crippen molar-refractivity contribution in [3.8, 4) is 0 Å². The summed E-state index contributed by atoms with van der Waals surface area (Å²) in [5.41, 5.74) is 1.80. The molecule has 0 bridgehead atoms. The van der Waals surface area contributed by atoms with Crippen LogP contribution in [0, 0.1) is 0 Å². The summed E-state index contributed by atoms with van der Waals surface area (Å²) in [4.78, 5) is 39.9. The third-order valence-electron chi connectivity index (χ3n) is 5.56. The molecule has 0 fully saturated rings. The summed E-state index contributed by atoms with van der Waals surface area (Å²) in [6.45, 7) is 0.473. The Bertz CT molecular complexity index is 1350. The van der Waals surface area contributed by atoms with E-state index in [1.54, 1.807) is 29.2 Å². The van der Waals surface area contributed by atoms with Gasteiger partial charge >= 0.3 is 5.97 Å². The van der Waals surface area contributed by atoms with Crippen LogP contribution in [0.2, 0.25) is 0 Å². The quantitative estimate of drug-likeness (QED) is 0.381. The van der Waals surface area contributed by atoms with E-state index in [9.17, 15) is 14.4 Å². The minimum Gasteiger partial charge on any atom is -0.451 e. The molecular formula is C27H25N3O4. The van der Waals surface area contributed by atoms with Crippen LogP contribution < -0.4 is 5.56 Å². The number of aromatic nitrogens is 2. The van der Waals surface area contributed by atoms with Crippen LogP contribution in [0.15, 0.2) is 89.7 Å². The summed E-state index contributed by atoms with van der Waals surface area (Å²) in [6, 6.07) is 26.3. The van der Waals surface area contributed by atoms with Gasteiger partial charge in [-0.15, -0.1) is 0 Å². The molecule has 4 rings (SSSR count). The largest absolute Gasteiger partial charge is 0.451 e. The lowest BCUT2D eigenvalue weighted by molar-refractivity contribution is -0.135. The summed E-state index contributed by atoms with van der Waals surface area (Å²) < 4.78 is 6.46. The fourth-order valence-electron chi connectivity index (χ4n) is 3.74. The molecule has 0 atom stereocenters. The molecule has 0 aliphatic heterocycles. The molecule has 0 radical (unpaired) electrons. The highest BCUT2D eigenvalue weighted by Gasteiger charge is 2.20. The van der Waals surface area contributed by atoms with E-state index in [4.69, 9.17) is 4.74 Å². The Kier molecular flexibility index (Phi) is 7.13. The number of hydrogen-bond donors (Lipinski definition) is 0. The maximum atomic E-state index is 13.1. The van der Waals surface area contributed by atoms with Gasteiger partial charge in [0.1, 0.15) is 0 Å². The van der Waals surface area contributed by atoms with Gasteiger partial charge in [-0.3, -0.25) is 9.59 Å². The zero-order valence-corrected chi connectivity index (χ0v) is 18.9. The normalized spacial score (nSPS) is 10.7. The second-order valence-corrected chi connectivity index (χ2v) is 7.94. The Labute approximate surface area is 197 Å². The van der Waals surface area contributed by atoms with E-state index in [2.05, 4.69) is 5.10 Å². The van der Waals surface area contributed by atoms with Gasteiger partial charge in [-0.1, -0.05) is 78.9 Å². The molecule has 1 heterocycles. The molecule has 34 heavy (non-hydrogen) atoms.